The molecule has 1 aliphatic heterocycles. The number of rotatable bonds is 5. The molecule has 4 rings (SSSR count). The van der Waals surface area contributed by atoms with Crippen LogP contribution in [-0.4, -0.2) is 38.0 Å². The lowest BCUT2D eigenvalue weighted by atomic mass is 10.2. The summed E-state index contributed by atoms with van der Waals surface area (Å²) < 4.78 is 72.8. The van der Waals surface area contributed by atoms with E-state index in [0.29, 0.717) is 6.07 Å². The highest BCUT2D eigenvalue weighted by molar-refractivity contribution is 7.92. The summed E-state index contributed by atoms with van der Waals surface area (Å²) in [6.45, 7) is -0.505. The highest BCUT2D eigenvalue weighted by Gasteiger charge is 2.39. The first-order chi connectivity index (χ1) is 16.5. The van der Waals surface area contributed by atoms with Crippen LogP contribution < -0.4 is 14.4 Å². The van der Waals surface area contributed by atoms with Crippen molar-refractivity contribution in [2.24, 2.45) is 0 Å². The molecule has 1 amide bonds. The van der Waals surface area contributed by atoms with Crippen LogP contribution in [0.25, 0.3) is 0 Å². The lowest BCUT2D eigenvalue weighted by Crippen LogP contribution is -2.48. The minimum absolute atomic E-state index is 0.00389. The predicted molar refractivity (Wildman–Crippen MR) is 119 cm³/mol. The number of carbonyl (C=O) groups is 2. The van der Waals surface area contributed by atoms with Gasteiger partial charge in [-0.2, -0.15) is 13.2 Å². The molecule has 1 atom stereocenters. The number of para-hydroxylation sites is 2. The summed E-state index contributed by atoms with van der Waals surface area (Å²) in [6, 6.07) is 14.5. The Morgan fingerprint density at radius 1 is 1.00 bits per heavy atom. The molecular weight excluding hydrogens is 489 g/mol. The number of carboxylic acids is 1. The van der Waals surface area contributed by atoms with Crippen molar-refractivity contribution in [1.82, 2.24) is 0 Å². The van der Waals surface area contributed by atoms with Crippen molar-refractivity contribution in [3.63, 3.8) is 0 Å². The molecule has 3 aromatic carbocycles. The standard InChI is InChI=1S/C23H17F3N2O6S/c24-23(25,26)15-4-3-5-17(12-15)35(32,33)28-13-20(34-19-7-2-1-6-18(19)28)21(29)27-16-10-8-14(9-11-16)22(30)31/h1-12,20H,13H2,(H,27,29)(H,30,31). The Bertz CT molecular complexity index is 1390. The molecule has 12 heteroatoms. The van der Waals surface area contributed by atoms with Crippen molar-refractivity contribution < 1.29 is 41.0 Å². The number of alkyl halides is 3. The molecule has 1 heterocycles. The predicted octanol–water partition coefficient (Wildman–Crippen LogP) is 4.00. The van der Waals surface area contributed by atoms with Gasteiger partial charge in [-0.25, -0.2) is 13.2 Å². The quantitative estimate of drug-likeness (QED) is 0.541. The zero-order valence-electron chi connectivity index (χ0n) is 17.7. The average Bonchev–Trinajstić information content (AvgIpc) is 2.83. The molecule has 0 saturated carbocycles. The van der Waals surface area contributed by atoms with Gasteiger partial charge in [0.2, 0.25) is 0 Å². The SMILES string of the molecule is O=C(O)c1ccc(NC(=O)C2CN(S(=O)(=O)c3cccc(C(F)(F)F)c3)c3ccccc3O2)cc1. The zero-order chi connectivity index (χ0) is 25.4. The third kappa shape index (κ3) is 4.92. The molecule has 0 spiro atoms. The number of aromatic carboxylic acids is 1. The number of hydrogen-bond acceptors (Lipinski definition) is 5. The molecule has 8 nitrogen and oxygen atoms in total. The Morgan fingerprint density at radius 3 is 2.34 bits per heavy atom. The van der Waals surface area contributed by atoms with Crippen LogP contribution in [-0.2, 0) is 21.0 Å². The van der Waals surface area contributed by atoms with Gasteiger partial charge in [-0.1, -0.05) is 18.2 Å². The minimum Gasteiger partial charge on any atom is -0.478 e. The van der Waals surface area contributed by atoms with Crippen LogP contribution in [0.2, 0.25) is 0 Å². The Labute approximate surface area is 197 Å². The summed E-state index contributed by atoms with van der Waals surface area (Å²) in [5.41, 5.74) is -0.807. The van der Waals surface area contributed by atoms with E-state index in [1.165, 1.54) is 42.5 Å². The molecule has 182 valence electrons. The summed E-state index contributed by atoms with van der Waals surface area (Å²) in [7, 11) is -4.50. The maximum atomic E-state index is 13.4. The van der Waals surface area contributed by atoms with E-state index in [2.05, 4.69) is 5.32 Å². The molecule has 0 saturated heterocycles. The zero-order valence-corrected chi connectivity index (χ0v) is 18.5. The number of carboxylic acid groups (broad SMARTS) is 1. The van der Waals surface area contributed by atoms with Gasteiger partial charge in [0.1, 0.15) is 5.75 Å². The van der Waals surface area contributed by atoms with E-state index in [1.54, 1.807) is 6.07 Å². The molecule has 0 aliphatic carbocycles. The van der Waals surface area contributed by atoms with Crippen LogP contribution in [0.1, 0.15) is 15.9 Å². The lowest BCUT2D eigenvalue weighted by Gasteiger charge is -2.34. The van der Waals surface area contributed by atoms with Crippen molar-refractivity contribution in [2.75, 3.05) is 16.2 Å². The van der Waals surface area contributed by atoms with Gasteiger partial charge >= 0.3 is 12.1 Å². The Balaban J connectivity index is 1.65. The lowest BCUT2D eigenvalue weighted by molar-refractivity contribution is -0.137. The molecule has 1 unspecified atom stereocenters. The van der Waals surface area contributed by atoms with Crippen LogP contribution in [0.15, 0.2) is 77.7 Å². The van der Waals surface area contributed by atoms with E-state index in [4.69, 9.17) is 9.84 Å². The van der Waals surface area contributed by atoms with Crippen molar-refractivity contribution in [2.45, 2.75) is 17.2 Å². The van der Waals surface area contributed by atoms with E-state index in [9.17, 15) is 31.2 Å². The Kier molecular flexibility index (Phi) is 6.15. The summed E-state index contributed by atoms with van der Waals surface area (Å²) in [5.74, 6) is -1.83. The molecule has 1 aliphatic rings. The topological polar surface area (TPSA) is 113 Å². The second-order valence-corrected chi connectivity index (χ2v) is 9.37. The maximum absolute atomic E-state index is 13.4. The summed E-state index contributed by atoms with van der Waals surface area (Å²) in [6.07, 6.45) is -6.09. The molecule has 3 aromatic rings. The van der Waals surface area contributed by atoms with E-state index in [1.807, 2.05) is 0 Å². The molecule has 0 aromatic heterocycles. The van der Waals surface area contributed by atoms with Crippen LogP contribution in [0.3, 0.4) is 0 Å². The molecule has 2 N–H and O–H groups in total. The number of amides is 1. The molecule has 35 heavy (non-hydrogen) atoms. The first-order valence-corrected chi connectivity index (χ1v) is 11.5. The third-order valence-electron chi connectivity index (χ3n) is 5.18. The van der Waals surface area contributed by atoms with E-state index in [-0.39, 0.29) is 22.7 Å². The first kappa shape index (κ1) is 24.1. The summed E-state index contributed by atoms with van der Waals surface area (Å²) in [5, 5.41) is 11.5. The van der Waals surface area contributed by atoms with Gasteiger partial charge in [-0.15, -0.1) is 0 Å². The van der Waals surface area contributed by atoms with E-state index < -0.39 is 51.2 Å². The fourth-order valence-electron chi connectivity index (χ4n) is 3.45. The number of nitrogens with one attached hydrogen (secondary N) is 1. The van der Waals surface area contributed by atoms with Gasteiger partial charge in [0, 0.05) is 5.69 Å². The van der Waals surface area contributed by atoms with Crippen LogP contribution in [0.4, 0.5) is 24.5 Å². The molecule has 0 bridgehead atoms. The minimum atomic E-state index is -4.74. The number of anilines is 2. The maximum Gasteiger partial charge on any atom is 0.416 e. The Hall–Kier alpha value is -4.06. The number of carbonyl (C=O) groups excluding carboxylic acids is 1. The molecule has 0 fully saturated rings. The van der Waals surface area contributed by atoms with Gasteiger partial charge in [-0.3, -0.25) is 9.10 Å². The van der Waals surface area contributed by atoms with Crippen molar-refractivity contribution >= 4 is 33.3 Å². The average molecular weight is 506 g/mol. The Morgan fingerprint density at radius 2 is 1.69 bits per heavy atom. The van der Waals surface area contributed by atoms with Crippen molar-refractivity contribution in [3.8, 4) is 5.75 Å². The molecular formula is C23H17F3N2O6S. The number of hydrogen-bond donors (Lipinski definition) is 2. The van der Waals surface area contributed by atoms with Crippen LogP contribution >= 0.6 is 0 Å². The number of nitrogens with zero attached hydrogens (tertiary/aromatic N) is 1. The first-order valence-electron chi connectivity index (χ1n) is 10.1. The van der Waals surface area contributed by atoms with Crippen molar-refractivity contribution in [3.05, 3.63) is 83.9 Å². The fourth-order valence-corrected chi connectivity index (χ4v) is 4.97. The van der Waals surface area contributed by atoms with Gasteiger partial charge in [0.15, 0.2) is 6.10 Å². The molecule has 0 radical (unpaired) electrons. The number of halogens is 3. The fraction of sp³-hybridized carbons (Fsp3) is 0.130. The van der Waals surface area contributed by atoms with Crippen LogP contribution in [0, 0.1) is 0 Å². The number of fused-ring (bicyclic) bond motifs is 1. The number of benzene rings is 3. The van der Waals surface area contributed by atoms with Crippen molar-refractivity contribution in [1.29, 1.82) is 0 Å². The third-order valence-corrected chi connectivity index (χ3v) is 6.95. The van der Waals surface area contributed by atoms with E-state index >= 15 is 0 Å². The number of sulfonamides is 1. The highest BCUT2D eigenvalue weighted by Crippen LogP contribution is 2.38. The normalized spacial score (nSPS) is 15.6. The smallest absolute Gasteiger partial charge is 0.416 e. The van der Waals surface area contributed by atoms with Gasteiger partial charge in [0.05, 0.1) is 28.3 Å². The highest BCUT2D eigenvalue weighted by atomic mass is 32.2. The van der Waals surface area contributed by atoms with Gasteiger partial charge in [0.25, 0.3) is 15.9 Å². The van der Waals surface area contributed by atoms with Gasteiger partial charge < -0.3 is 15.2 Å². The summed E-state index contributed by atoms with van der Waals surface area (Å²) >= 11 is 0. The summed E-state index contributed by atoms with van der Waals surface area (Å²) in [4.78, 5) is 23.3. The number of ether oxygens (including phenoxy) is 1. The second-order valence-electron chi connectivity index (χ2n) is 7.51. The second kappa shape index (κ2) is 8.95. The van der Waals surface area contributed by atoms with Crippen LogP contribution in [0.5, 0.6) is 5.75 Å². The monoisotopic (exact) mass is 506 g/mol. The van der Waals surface area contributed by atoms with E-state index in [0.717, 1.165) is 22.5 Å². The largest absolute Gasteiger partial charge is 0.478 e. The van der Waals surface area contributed by atoms with Gasteiger partial charge in [-0.05, 0) is 54.6 Å².